The Labute approximate surface area is 123 Å². The molecule has 112 valence electrons. The molecular formula is C17H28N2O. The molecule has 0 saturated carbocycles. The van der Waals surface area contributed by atoms with Crippen LogP contribution in [0.3, 0.4) is 0 Å². The SMILES string of the molecule is CNC(CO)(CCN1CCC(C)CC1)c1ccccc1. The van der Waals surface area contributed by atoms with Gasteiger partial charge in [-0.25, -0.2) is 0 Å². The lowest BCUT2D eigenvalue weighted by molar-refractivity contribution is 0.124. The highest BCUT2D eigenvalue weighted by atomic mass is 16.3. The average Bonchev–Trinajstić information content (AvgIpc) is 2.51. The van der Waals surface area contributed by atoms with E-state index in [0.717, 1.165) is 18.9 Å². The Hall–Kier alpha value is -0.900. The summed E-state index contributed by atoms with van der Waals surface area (Å²) in [7, 11) is 1.95. The van der Waals surface area contributed by atoms with Crippen LogP contribution in [0, 0.1) is 5.92 Å². The number of hydrogen-bond acceptors (Lipinski definition) is 3. The molecule has 1 aliphatic rings. The molecular weight excluding hydrogens is 248 g/mol. The molecule has 20 heavy (non-hydrogen) atoms. The number of nitrogens with one attached hydrogen (secondary N) is 1. The topological polar surface area (TPSA) is 35.5 Å². The zero-order chi connectivity index (χ0) is 14.4. The van der Waals surface area contributed by atoms with E-state index < -0.39 is 0 Å². The van der Waals surface area contributed by atoms with Crippen LogP contribution in [0.25, 0.3) is 0 Å². The first kappa shape index (κ1) is 15.5. The lowest BCUT2D eigenvalue weighted by atomic mass is 9.87. The normalized spacial score (nSPS) is 20.8. The standard InChI is InChI=1S/C17H28N2O/c1-15-8-11-19(12-9-15)13-10-17(14-20,18-2)16-6-4-3-5-7-16/h3-7,15,18,20H,8-14H2,1-2H3. The maximum absolute atomic E-state index is 9.92. The van der Waals surface area contributed by atoms with Crippen molar-refractivity contribution in [2.24, 2.45) is 5.92 Å². The molecule has 1 heterocycles. The molecule has 1 aromatic carbocycles. The Bertz CT molecular complexity index is 381. The summed E-state index contributed by atoms with van der Waals surface area (Å²) in [6.07, 6.45) is 3.55. The van der Waals surface area contributed by atoms with E-state index in [-0.39, 0.29) is 12.1 Å². The molecule has 1 atom stereocenters. The highest BCUT2D eigenvalue weighted by molar-refractivity contribution is 5.24. The Kier molecular flexibility index (Phi) is 5.58. The average molecular weight is 276 g/mol. The van der Waals surface area contributed by atoms with Crippen molar-refractivity contribution in [2.75, 3.05) is 33.3 Å². The van der Waals surface area contributed by atoms with Gasteiger partial charge in [-0.2, -0.15) is 0 Å². The van der Waals surface area contributed by atoms with Crippen LogP contribution in [-0.2, 0) is 5.54 Å². The minimum atomic E-state index is -0.315. The highest BCUT2D eigenvalue weighted by Gasteiger charge is 2.30. The van der Waals surface area contributed by atoms with Gasteiger partial charge in [-0.05, 0) is 50.9 Å². The second-order valence-electron chi connectivity index (χ2n) is 6.13. The van der Waals surface area contributed by atoms with Crippen molar-refractivity contribution in [1.29, 1.82) is 0 Å². The molecule has 0 amide bonds. The molecule has 0 aliphatic carbocycles. The molecule has 3 heteroatoms. The molecule has 0 radical (unpaired) electrons. The number of aliphatic hydroxyl groups is 1. The predicted octanol–water partition coefficient (Wildman–Crippen LogP) is 2.22. The van der Waals surface area contributed by atoms with Crippen LogP contribution in [0.1, 0.15) is 31.7 Å². The third-order valence-electron chi connectivity index (χ3n) is 4.81. The molecule has 1 fully saturated rings. The lowest BCUT2D eigenvalue weighted by Crippen LogP contribution is -2.47. The van der Waals surface area contributed by atoms with E-state index in [1.54, 1.807) is 0 Å². The number of likely N-dealkylation sites (tertiary alicyclic amines) is 1. The van der Waals surface area contributed by atoms with E-state index in [0.29, 0.717) is 0 Å². The minimum Gasteiger partial charge on any atom is -0.394 e. The summed E-state index contributed by atoms with van der Waals surface area (Å²) < 4.78 is 0. The van der Waals surface area contributed by atoms with E-state index >= 15 is 0 Å². The third-order valence-corrected chi connectivity index (χ3v) is 4.81. The van der Waals surface area contributed by atoms with Gasteiger partial charge in [-0.1, -0.05) is 37.3 Å². The fourth-order valence-corrected chi connectivity index (χ4v) is 3.05. The largest absolute Gasteiger partial charge is 0.394 e. The van der Waals surface area contributed by atoms with Gasteiger partial charge in [0.15, 0.2) is 0 Å². The number of rotatable bonds is 6. The van der Waals surface area contributed by atoms with Crippen LogP contribution >= 0.6 is 0 Å². The number of piperidine rings is 1. The molecule has 0 aromatic heterocycles. The van der Waals surface area contributed by atoms with Crippen LogP contribution in [0.5, 0.6) is 0 Å². The second kappa shape index (κ2) is 7.21. The van der Waals surface area contributed by atoms with Crippen molar-refractivity contribution in [3.05, 3.63) is 35.9 Å². The van der Waals surface area contributed by atoms with Crippen molar-refractivity contribution < 1.29 is 5.11 Å². The molecule has 2 N–H and O–H groups in total. The Morgan fingerprint density at radius 2 is 1.90 bits per heavy atom. The number of aliphatic hydroxyl groups excluding tert-OH is 1. The van der Waals surface area contributed by atoms with Gasteiger partial charge < -0.3 is 15.3 Å². The van der Waals surface area contributed by atoms with Crippen LogP contribution in [0.2, 0.25) is 0 Å². The van der Waals surface area contributed by atoms with Crippen LogP contribution in [0.4, 0.5) is 0 Å². The van der Waals surface area contributed by atoms with E-state index in [1.165, 1.54) is 31.5 Å². The quantitative estimate of drug-likeness (QED) is 0.836. The van der Waals surface area contributed by atoms with Gasteiger partial charge in [0.2, 0.25) is 0 Å². The Balaban J connectivity index is 1.99. The first-order valence-corrected chi connectivity index (χ1v) is 7.78. The van der Waals surface area contributed by atoms with E-state index in [9.17, 15) is 5.11 Å². The van der Waals surface area contributed by atoms with E-state index in [2.05, 4.69) is 29.3 Å². The van der Waals surface area contributed by atoms with Crippen molar-refractivity contribution >= 4 is 0 Å². The summed E-state index contributed by atoms with van der Waals surface area (Å²) in [5, 5.41) is 13.3. The maximum Gasteiger partial charge on any atom is 0.0678 e. The van der Waals surface area contributed by atoms with Crippen molar-refractivity contribution in [3.63, 3.8) is 0 Å². The van der Waals surface area contributed by atoms with Gasteiger partial charge in [0, 0.05) is 6.54 Å². The van der Waals surface area contributed by atoms with Gasteiger partial charge >= 0.3 is 0 Å². The molecule has 0 spiro atoms. The van der Waals surface area contributed by atoms with Crippen LogP contribution < -0.4 is 5.32 Å². The second-order valence-corrected chi connectivity index (χ2v) is 6.13. The molecule has 3 nitrogen and oxygen atoms in total. The highest BCUT2D eigenvalue weighted by Crippen LogP contribution is 2.26. The maximum atomic E-state index is 9.92. The minimum absolute atomic E-state index is 0.137. The van der Waals surface area contributed by atoms with Crippen LogP contribution in [-0.4, -0.2) is 43.3 Å². The van der Waals surface area contributed by atoms with Crippen molar-refractivity contribution in [1.82, 2.24) is 10.2 Å². The summed E-state index contributed by atoms with van der Waals surface area (Å²) in [4.78, 5) is 2.53. The molecule has 1 unspecified atom stereocenters. The predicted molar refractivity (Wildman–Crippen MR) is 83.7 cm³/mol. The van der Waals surface area contributed by atoms with Gasteiger partial charge in [-0.15, -0.1) is 0 Å². The summed E-state index contributed by atoms with van der Waals surface area (Å²) >= 11 is 0. The zero-order valence-electron chi connectivity index (χ0n) is 12.8. The summed E-state index contributed by atoms with van der Waals surface area (Å²) in [5.41, 5.74) is 0.861. The number of nitrogens with zero attached hydrogens (tertiary/aromatic N) is 1. The summed E-state index contributed by atoms with van der Waals surface area (Å²) in [6.45, 7) is 5.91. The van der Waals surface area contributed by atoms with Crippen molar-refractivity contribution in [2.45, 2.75) is 31.7 Å². The first-order valence-electron chi connectivity index (χ1n) is 7.78. The smallest absolute Gasteiger partial charge is 0.0678 e. The zero-order valence-corrected chi connectivity index (χ0v) is 12.8. The van der Waals surface area contributed by atoms with Crippen LogP contribution in [0.15, 0.2) is 30.3 Å². The molecule has 2 rings (SSSR count). The number of benzene rings is 1. The number of likely N-dealkylation sites (N-methyl/N-ethyl adjacent to an activating group) is 1. The summed E-state index contributed by atoms with van der Waals surface area (Å²) in [5.74, 6) is 0.868. The first-order chi connectivity index (χ1) is 9.70. The van der Waals surface area contributed by atoms with Crippen molar-refractivity contribution in [3.8, 4) is 0 Å². The molecule has 0 bridgehead atoms. The Morgan fingerprint density at radius 1 is 1.25 bits per heavy atom. The fraction of sp³-hybridized carbons (Fsp3) is 0.647. The van der Waals surface area contributed by atoms with Gasteiger partial charge in [0.05, 0.1) is 12.1 Å². The molecule has 1 saturated heterocycles. The van der Waals surface area contributed by atoms with E-state index in [4.69, 9.17) is 0 Å². The van der Waals surface area contributed by atoms with Gasteiger partial charge in [-0.3, -0.25) is 0 Å². The summed E-state index contributed by atoms with van der Waals surface area (Å²) in [6, 6.07) is 10.3. The molecule has 1 aromatic rings. The lowest BCUT2D eigenvalue weighted by Gasteiger charge is -2.36. The van der Waals surface area contributed by atoms with Gasteiger partial charge in [0.1, 0.15) is 0 Å². The number of hydrogen-bond donors (Lipinski definition) is 2. The fourth-order valence-electron chi connectivity index (χ4n) is 3.05. The molecule has 1 aliphatic heterocycles. The Morgan fingerprint density at radius 3 is 2.45 bits per heavy atom. The van der Waals surface area contributed by atoms with Gasteiger partial charge in [0.25, 0.3) is 0 Å². The monoisotopic (exact) mass is 276 g/mol. The van der Waals surface area contributed by atoms with E-state index in [1.807, 2.05) is 25.2 Å². The third kappa shape index (κ3) is 3.60.